The van der Waals surface area contributed by atoms with Crippen LogP contribution < -0.4 is 0 Å². The minimum absolute atomic E-state index is 0.788. The quantitative estimate of drug-likeness (QED) is 0.501. The van der Waals surface area contributed by atoms with Gasteiger partial charge in [0.15, 0.2) is 0 Å². The largest absolute Gasteiger partial charge is 0.298 e. The van der Waals surface area contributed by atoms with Crippen molar-refractivity contribution >= 4 is 6.29 Å². The molecule has 0 N–H and O–H groups in total. The van der Waals surface area contributed by atoms with Crippen molar-refractivity contribution in [3.05, 3.63) is 35.5 Å². The van der Waals surface area contributed by atoms with Gasteiger partial charge in [0.05, 0.1) is 0 Å². The topological polar surface area (TPSA) is 17.1 Å². The first-order valence-electron chi connectivity index (χ1n) is 3.34. The molecule has 0 radical (unpaired) electrons. The van der Waals surface area contributed by atoms with E-state index in [2.05, 4.69) is 0 Å². The summed E-state index contributed by atoms with van der Waals surface area (Å²) in [5.74, 6) is 0. The van der Waals surface area contributed by atoms with Crippen LogP contribution in [-0.4, -0.2) is 6.29 Å². The van der Waals surface area contributed by atoms with E-state index in [1.807, 2.05) is 31.2 Å². The molecule has 1 heteroatoms. The molecule has 52 valence electrons. The Bertz CT molecular complexity index is 219. The summed E-state index contributed by atoms with van der Waals surface area (Å²) in [6, 6.07) is 0. The number of allylic oxidation sites excluding steroid dienone is 6. The standard InChI is InChI=1S/C9H10O/c1-2-8-4-3-5-9(6-8)7-10/h2-5,7H,6H2,1H3/b8-2+. The summed E-state index contributed by atoms with van der Waals surface area (Å²) >= 11 is 0. The van der Waals surface area contributed by atoms with Crippen LogP contribution in [0.5, 0.6) is 0 Å². The summed E-state index contributed by atoms with van der Waals surface area (Å²) in [4.78, 5) is 10.3. The number of hydrogen-bond acceptors (Lipinski definition) is 1. The molecule has 10 heavy (non-hydrogen) atoms. The normalized spacial score (nSPS) is 20.9. The average Bonchev–Trinajstić information content (AvgIpc) is 2.05. The van der Waals surface area contributed by atoms with Crippen LogP contribution in [0.4, 0.5) is 0 Å². The predicted molar refractivity (Wildman–Crippen MR) is 41.7 cm³/mol. The van der Waals surface area contributed by atoms with Gasteiger partial charge in [-0.1, -0.05) is 24.3 Å². The van der Waals surface area contributed by atoms with E-state index in [0.29, 0.717) is 0 Å². The lowest BCUT2D eigenvalue weighted by Crippen LogP contribution is -1.90. The highest BCUT2D eigenvalue weighted by Crippen LogP contribution is 2.15. The van der Waals surface area contributed by atoms with Crippen molar-refractivity contribution in [2.24, 2.45) is 0 Å². The molecule has 0 unspecified atom stereocenters. The summed E-state index contributed by atoms with van der Waals surface area (Å²) in [5.41, 5.74) is 2.07. The molecule has 0 aromatic rings. The first-order chi connectivity index (χ1) is 4.86. The van der Waals surface area contributed by atoms with Crippen molar-refractivity contribution < 1.29 is 4.79 Å². The molecule has 1 aliphatic carbocycles. The van der Waals surface area contributed by atoms with Gasteiger partial charge in [-0.25, -0.2) is 0 Å². The molecule has 0 spiro atoms. The van der Waals surface area contributed by atoms with E-state index in [1.54, 1.807) is 0 Å². The monoisotopic (exact) mass is 134 g/mol. The molecular weight excluding hydrogens is 124 g/mol. The highest BCUT2D eigenvalue weighted by Gasteiger charge is 2.00. The lowest BCUT2D eigenvalue weighted by Gasteiger charge is -2.03. The average molecular weight is 134 g/mol. The van der Waals surface area contributed by atoms with Gasteiger partial charge in [0, 0.05) is 6.42 Å². The molecule has 0 aromatic carbocycles. The number of hydrogen-bond donors (Lipinski definition) is 0. The van der Waals surface area contributed by atoms with E-state index in [9.17, 15) is 4.79 Å². The fourth-order valence-electron chi connectivity index (χ4n) is 0.928. The first kappa shape index (κ1) is 7.00. The van der Waals surface area contributed by atoms with Gasteiger partial charge >= 0.3 is 0 Å². The molecule has 0 atom stereocenters. The zero-order valence-electron chi connectivity index (χ0n) is 6.00. The van der Waals surface area contributed by atoms with Crippen molar-refractivity contribution in [2.45, 2.75) is 13.3 Å². The van der Waals surface area contributed by atoms with Gasteiger partial charge in [0.1, 0.15) is 6.29 Å². The van der Waals surface area contributed by atoms with Crippen molar-refractivity contribution in [3.8, 4) is 0 Å². The Labute approximate surface area is 60.7 Å². The molecule has 0 aliphatic heterocycles. The summed E-state index contributed by atoms with van der Waals surface area (Å²) in [5, 5.41) is 0. The third-order valence-electron chi connectivity index (χ3n) is 1.55. The molecule has 0 heterocycles. The van der Waals surface area contributed by atoms with E-state index in [4.69, 9.17) is 0 Å². The Morgan fingerprint density at radius 2 is 2.40 bits per heavy atom. The molecule has 1 aliphatic rings. The van der Waals surface area contributed by atoms with Gasteiger partial charge in [-0.3, -0.25) is 4.79 Å². The van der Waals surface area contributed by atoms with Crippen LogP contribution in [0.1, 0.15) is 13.3 Å². The number of carbonyl (C=O) groups excluding carboxylic acids is 1. The Morgan fingerprint density at radius 1 is 1.60 bits per heavy atom. The van der Waals surface area contributed by atoms with Gasteiger partial charge in [-0.2, -0.15) is 0 Å². The van der Waals surface area contributed by atoms with Crippen molar-refractivity contribution in [1.29, 1.82) is 0 Å². The van der Waals surface area contributed by atoms with Crippen molar-refractivity contribution in [2.75, 3.05) is 0 Å². The molecule has 1 rings (SSSR count). The molecule has 0 saturated carbocycles. The lowest BCUT2D eigenvalue weighted by molar-refractivity contribution is -0.105. The third-order valence-corrected chi connectivity index (χ3v) is 1.55. The Kier molecular flexibility index (Phi) is 2.21. The lowest BCUT2D eigenvalue weighted by atomic mass is 10.0. The molecule has 0 aromatic heterocycles. The van der Waals surface area contributed by atoms with Gasteiger partial charge in [0.25, 0.3) is 0 Å². The molecular formula is C9H10O. The number of rotatable bonds is 1. The fraction of sp³-hybridized carbons (Fsp3) is 0.222. The van der Waals surface area contributed by atoms with Crippen molar-refractivity contribution in [3.63, 3.8) is 0 Å². The Balaban J connectivity index is 2.77. The van der Waals surface area contributed by atoms with Gasteiger partial charge in [-0.05, 0) is 18.1 Å². The van der Waals surface area contributed by atoms with Crippen molar-refractivity contribution in [1.82, 2.24) is 0 Å². The highest BCUT2D eigenvalue weighted by molar-refractivity contribution is 5.75. The SMILES string of the molecule is C/C=C1\C=CC=C(C=O)C1. The maximum atomic E-state index is 10.3. The van der Waals surface area contributed by atoms with Crippen LogP contribution in [0.2, 0.25) is 0 Å². The molecule has 0 saturated heterocycles. The van der Waals surface area contributed by atoms with Crippen LogP contribution >= 0.6 is 0 Å². The van der Waals surface area contributed by atoms with Gasteiger partial charge in [0.2, 0.25) is 0 Å². The summed E-state index contributed by atoms with van der Waals surface area (Å²) in [6.07, 6.45) is 9.49. The van der Waals surface area contributed by atoms with E-state index in [-0.39, 0.29) is 0 Å². The third kappa shape index (κ3) is 1.44. The minimum Gasteiger partial charge on any atom is -0.298 e. The second-order valence-corrected chi connectivity index (χ2v) is 2.26. The maximum Gasteiger partial charge on any atom is 0.146 e. The van der Waals surface area contributed by atoms with E-state index < -0.39 is 0 Å². The Morgan fingerprint density at radius 3 is 3.00 bits per heavy atom. The second-order valence-electron chi connectivity index (χ2n) is 2.26. The van der Waals surface area contributed by atoms with E-state index in [0.717, 1.165) is 18.3 Å². The summed E-state index contributed by atoms with van der Waals surface area (Å²) in [6.45, 7) is 1.98. The second kappa shape index (κ2) is 3.16. The van der Waals surface area contributed by atoms with Crippen LogP contribution in [0.15, 0.2) is 35.5 Å². The predicted octanol–water partition coefficient (Wildman–Crippen LogP) is 2.02. The molecule has 0 amide bonds. The van der Waals surface area contributed by atoms with Gasteiger partial charge < -0.3 is 0 Å². The number of aldehydes is 1. The van der Waals surface area contributed by atoms with Crippen LogP contribution in [0.25, 0.3) is 0 Å². The highest BCUT2D eigenvalue weighted by atomic mass is 16.1. The Hall–Kier alpha value is -1.11. The van der Waals surface area contributed by atoms with Crippen LogP contribution in [0.3, 0.4) is 0 Å². The zero-order valence-corrected chi connectivity index (χ0v) is 6.00. The van der Waals surface area contributed by atoms with Crippen LogP contribution in [0, 0.1) is 0 Å². The fourth-order valence-corrected chi connectivity index (χ4v) is 0.928. The molecule has 1 nitrogen and oxygen atoms in total. The molecule has 0 fully saturated rings. The zero-order chi connectivity index (χ0) is 7.40. The first-order valence-corrected chi connectivity index (χ1v) is 3.34. The van der Waals surface area contributed by atoms with E-state index in [1.165, 1.54) is 5.57 Å². The van der Waals surface area contributed by atoms with Crippen LogP contribution in [-0.2, 0) is 4.79 Å². The van der Waals surface area contributed by atoms with E-state index >= 15 is 0 Å². The summed E-state index contributed by atoms with van der Waals surface area (Å²) in [7, 11) is 0. The van der Waals surface area contributed by atoms with Gasteiger partial charge in [-0.15, -0.1) is 0 Å². The minimum atomic E-state index is 0.788. The smallest absolute Gasteiger partial charge is 0.146 e. The maximum absolute atomic E-state index is 10.3. The summed E-state index contributed by atoms with van der Waals surface area (Å²) < 4.78 is 0. The number of carbonyl (C=O) groups is 1. The molecule has 0 bridgehead atoms.